The van der Waals surface area contributed by atoms with Crippen molar-refractivity contribution in [1.29, 1.82) is 5.26 Å². The molecule has 20 heavy (non-hydrogen) atoms. The maximum atomic E-state index is 12.3. The number of sulfone groups is 1. The number of furan rings is 1. The first-order valence-corrected chi connectivity index (χ1v) is 7.90. The number of benzene rings is 1. The van der Waals surface area contributed by atoms with Gasteiger partial charge in [0.05, 0.1) is 4.90 Å². The normalized spacial score (nSPS) is 12.2. The highest BCUT2D eigenvalue weighted by Crippen LogP contribution is 2.23. The Bertz CT molecular complexity index is 796. The third-order valence-corrected chi connectivity index (χ3v) is 4.77. The van der Waals surface area contributed by atoms with E-state index < -0.39 is 9.84 Å². The van der Waals surface area contributed by atoms with Gasteiger partial charge in [-0.3, -0.25) is 0 Å². The number of hydrogen-bond donors (Lipinski definition) is 0. The summed E-state index contributed by atoms with van der Waals surface area (Å²) in [4.78, 5) is -0.286. The first-order chi connectivity index (χ1) is 9.43. The summed E-state index contributed by atoms with van der Waals surface area (Å²) in [5, 5.41) is 9.10. The van der Waals surface area contributed by atoms with E-state index in [9.17, 15) is 8.42 Å². The van der Waals surface area contributed by atoms with Crippen molar-refractivity contribution in [3.63, 3.8) is 0 Å². The standard InChI is InChI=1S/C14H10BrNO3S/c1-10-2-5-12(19-10)8-14(9-16)20(17,18)13-6-3-11(15)4-7-13/h2-8H,1H3/b14-8+. The number of halogens is 1. The first-order valence-electron chi connectivity index (χ1n) is 5.62. The van der Waals surface area contributed by atoms with Gasteiger partial charge in [-0.25, -0.2) is 8.42 Å². The van der Waals surface area contributed by atoms with Gasteiger partial charge >= 0.3 is 0 Å². The predicted molar refractivity (Wildman–Crippen MR) is 78.4 cm³/mol. The minimum absolute atomic E-state index is 0.0665. The molecule has 0 N–H and O–H groups in total. The van der Waals surface area contributed by atoms with Crippen LogP contribution in [0.5, 0.6) is 0 Å². The second-order valence-electron chi connectivity index (χ2n) is 4.03. The van der Waals surface area contributed by atoms with Gasteiger partial charge in [0.1, 0.15) is 17.6 Å². The fourth-order valence-corrected chi connectivity index (χ4v) is 2.97. The third-order valence-electron chi connectivity index (χ3n) is 2.56. The van der Waals surface area contributed by atoms with Crippen LogP contribution in [0.25, 0.3) is 6.08 Å². The number of hydrogen-bond acceptors (Lipinski definition) is 4. The van der Waals surface area contributed by atoms with Gasteiger partial charge in [0.15, 0.2) is 4.91 Å². The second-order valence-corrected chi connectivity index (χ2v) is 6.86. The van der Waals surface area contributed by atoms with Crippen molar-refractivity contribution in [2.45, 2.75) is 11.8 Å². The quantitative estimate of drug-likeness (QED) is 0.790. The molecule has 0 bridgehead atoms. The van der Waals surface area contributed by atoms with Gasteiger partial charge in [-0.15, -0.1) is 0 Å². The first kappa shape index (κ1) is 14.6. The monoisotopic (exact) mass is 351 g/mol. The zero-order valence-corrected chi connectivity index (χ0v) is 12.9. The molecule has 0 aliphatic heterocycles. The number of nitrogens with zero attached hydrogens (tertiary/aromatic N) is 1. The summed E-state index contributed by atoms with van der Waals surface area (Å²) >= 11 is 3.23. The maximum absolute atomic E-state index is 12.3. The van der Waals surface area contributed by atoms with Crippen LogP contribution in [0.4, 0.5) is 0 Å². The van der Waals surface area contributed by atoms with Gasteiger partial charge in [-0.05, 0) is 43.3 Å². The largest absolute Gasteiger partial charge is 0.462 e. The van der Waals surface area contributed by atoms with E-state index in [-0.39, 0.29) is 9.80 Å². The van der Waals surface area contributed by atoms with Crippen molar-refractivity contribution in [1.82, 2.24) is 0 Å². The lowest BCUT2D eigenvalue weighted by atomic mass is 10.4. The van der Waals surface area contributed by atoms with E-state index in [0.29, 0.717) is 11.5 Å². The summed E-state index contributed by atoms with van der Waals surface area (Å²) in [5.74, 6) is 0.981. The van der Waals surface area contributed by atoms with Crippen LogP contribution in [0, 0.1) is 18.3 Å². The number of rotatable bonds is 3. The molecule has 2 aromatic rings. The molecule has 6 heteroatoms. The molecular formula is C14H10BrNO3S. The summed E-state index contributed by atoms with van der Waals surface area (Å²) in [6, 6.07) is 11.1. The smallest absolute Gasteiger partial charge is 0.216 e. The highest BCUT2D eigenvalue weighted by molar-refractivity contribution is 9.10. The predicted octanol–water partition coefficient (Wildman–Crippen LogP) is 3.69. The van der Waals surface area contributed by atoms with Crippen molar-refractivity contribution in [3.05, 3.63) is 57.3 Å². The average molecular weight is 352 g/mol. The van der Waals surface area contributed by atoms with Crippen molar-refractivity contribution >= 4 is 31.8 Å². The van der Waals surface area contributed by atoms with E-state index in [4.69, 9.17) is 9.68 Å². The van der Waals surface area contributed by atoms with Gasteiger partial charge in [0, 0.05) is 10.5 Å². The zero-order chi connectivity index (χ0) is 14.8. The average Bonchev–Trinajstić information content (AvgIpc) is 2.82. The lowest BCUT2D eigenvalue weighted by molar-refractivity contribution is 0.525. The van der Waals surface area contributed by atoms with Gasteiger partial charge in [-0.2, -0.15) is 5.26 Å². The zero-order valence-electron chi connectivity index (χ0n) is 10.5. The molecule has 0 aliphatic rings. The molecule has 102 valence electrons. The molecule has 4 nitrogen and oxygen atoms in total. The van der Waals surface area contributed by atoms with Crippen LogP contribution in [0.3, 0.4) is 0 Å². The Balaban J connectivity index is 2.48. The van der Waals surface area contributed by atoms with Crippen molar-refractivity contribution in [2.24, 2.45) is 0 Å². The van der Waals surface area contributed by atoms with Gasteiger partial charge < -0.3 is 4.42 Å². The summed E-state index contributed by atoms with van der Waals surface area (Å²) < 4.78 is 30.7. The molecule has 0 spiro atoms. The Labute approximate surface area is 125 Å². The molecule has 0 aliphatic carbocycles. The molecule has 0 saturated heterocycles. The highest BCUT2D eigenvalue weighted by atomic mass is 79.9. The van der Waals surface area contributed by atoms with E-state index in [0.717, 1.165) is 4.47 Å². The summed E-state index contributed by atoms with van der Waals surface area (Å²) in [6.07, 6.45) is 1.23. The van der Waals surface area contributed by atoms with Crippen molar-refractivity contribution in [3.8, 4) is 6.07 Å². The van der Waals surface area contributed by atoms with Crippen LogP contribution in [0.15, 0.2) is 55.1 Å². The Morgan fingerprint density at radius 1 is 1.25 bits per heavy atom. The number of allylic oxidation sites excluding steroid dienone is 1. The van der Waals surface area contributed by atoms with Crippen LogP contribution in [-0.2, 0) is 9.84 Å². The van der Waals surface area contributed by atoms with Gasteiger partial charge in [-0.1, -0.05) is 15.9 Å². The maximum Gasteiger partial charge on any atom is 0.216 e. The third kappa shape index (κ3) is 3.00. The van der Waals surface area contributed by atoms with Crippen LogP contribution in [0.2, 0.25) is 0 Å². The highest BCUT2D eigenvalue weighted by Gasteiger charge is 2.21. The Hall–Kier alpha value is -1.84. The Morgan fingerprint density at radius 2 is 1.90 bits per heavy atom. The van der Waals surface area contributed by atoms with E-state index in [1.165, 1.54) is 18.2 Å². The molecule has 0 amide bonds. The Kier molecular flexibility index (Phi) is 4.12. The lowest BCUT2D eigenvalue weighted by Gasteiger charge is -2.02. The molecule has 0 atom stereocenters. The molecule has 0 fully saturated rings. The molecular weight excluding hydrogens is 342 g/mol. The molecule has 0 radical (unpaired) electrons. The van der Waals surface area contributed by atoms with Gasteiger partial charge in [0.2, 0.25) is 9.84 Å². The van der Waals surface area contributed by atoms with Crippen LogP contribution in [-0.4, -0.2) is 8.42 Å². The van der Waals surface area contributed by atoms with E-state index >= 15 is 0 Å². The van der Waals surface area contributed by atoms with Crippen LogP contribution in [0.1, 0.15) is 11.5 Å². The van der Waals surface area contributed by atoms with E-state index in [1.54, 1.807) is 37.3 Å². The topological polar surface area (TPSA) is 71.1 Å². The summed E-state index contributed by atoms with van der Waals surface area (Å²) in [6.45, 7) is 1.74. The second kappa shape index (κ2) is 5.65. The van der Waals surface area contributed by atoms with Crippen LogP contribution < -0.4 is 0 Å². The molecule has 1 aromatic carbocycles. The van der Waals surface area contributed by atoms with Crippen molar-refractivity contribution < 1.29 is 12.8 Å². The minimum Gasteiger partial charge on any atom is -0.462 e. The molecule has 0 unspecified atom stereocenters. The summed E-state index contributed by atoms with van der Waals surface area (Å²) in [5.41, 5.74) is 0. The minimum atomic E-state index is -3.84. The number of aryl methyl sites for hydroxylation is 1. The van der Waals surface area contributed by atoms with E-state index in [1.807, 2.05) is 0 Å². The lowest BCUT2D eigenvalue weighted by Crippen LogP contribution is -2.03. The van der Waals surface area contributed by atoms with Crippen LogP contribution >= 0.6 is 15.9 Å². The number of nitriles is 1. The molecule has 0 saturated carbocycles. The molecule has 1 heterocycles. The molecule has 1 aromatic heterocycles. The fraction of sp³-hybridized carbons (Fsp3) is 0.0714. The Morgan fingerprint density at radius 3 is 2.40 bits per heavy atom. The van der Waals surface area contributed by atoms with Gasteiger partial charge in [0.25, 0.3) is 0 Å². The summed E-state index contributed by atoms with van der Waals surface area (Å²) in [7, 11) is -3.84. The molecule has 2 rings (SSSR count). The van der Waals surface area contributed by atoms with E-state index in [2.05, 4.69) is 15.9 Å². The van der Waals surface area contributed by atoms with Crippen molar-refractivity contribution in [2.75, 3.05) is 0 Å². The fourth-order valence-electron chi connectivity index (χ4n) is 1.57. The SMILES string of the molecule is Cc1ccc(/C=C(\C#N)S(=O)(=O)c2ccc(Br)cc2)o1.